The van der Waals surface area contributed by atoms with E-state index in [0.717, 1.165) is 88.4 Å². The van der Waals surface area contributed by atoms with Crippen LogP contribution in [0.2, 0.25) is 0 Å². The second kappa shape index (κ2) is 24.4. The first kappa shape index (κ1) is 62.2. The van der Waals surface area contributed by atoms with Gasteiger partial charge in [-0.2, -0.15) is 0 Å². The molecular weight excluding hydrogens is 1360 g/mol. The number of hydrogen-bond acceptors (Lipinski definition) is 18. The van der Waals surface area contributed by atoms with Gasteiger partial charge in [-0.3, -0.25) is 19.2 Å². The number of carbonyl (C=O) groups is 8. The summed E-state index contributed by atoms with van der Waals surface area (Å²) in [5.41, 5.74) is -2.81. The minimum Gasteiger partial charge on any atom is -0.458 e. The molecule has 10 aromatic carbocycles. The predicted molar refractivity (Wildman–Crippen MR) is 392 cm³/mol. The molecule has 0 bridgehead atoms. The van der Waals surface area contributed by atoms with Crippen LogP contribution in [0.15, 0.2) is 242 Å². The number of carbonyl (C=O) groups excluding carboxylic acids is 8. The third-order valence-electron chi connectivity index (χ3n) is 18.8. The van der Waals surface area contributed by atoms with E-state index in [1.807, 2.05) is 72.8 Å². The Bertz CT molecular complexity index is 5440. The fraction of sp³-hybridized carbons (Fsp3) is 0.0714. The largest absolute Gasteiger partial charge is 0.458 e. The quantitative estimate of drug-likeness (QED) is 0.0249. The van der Waals surface area contributed by atoms with Crippen LogP contribution in [0.4, 0.5) is 0 Å². The summed E-state index contributed by atoms with van der Waals surface area (Å²) in [5.74, 6) is -6.78. The van der Waals surface area contributed by atoms with Crippen LogP contribution in [-0.4, -0.2) is 47.0 Å². The highest BCUT2D eigenvalue weighted by Crippen LogP contribution is 2.64. The zero-order valence-corrected chi connectivity index (χ0v) is 56.5. The molecule has 14 nitrogen and oxygen atoms in total. The van der Waals surface area contributed by atoms with Crippen LogP contribution in [0.25, 0.3) is 84.2 Å². The minimum absolute atomic E-state index is 0.0201. The smallest absolute Gasteiger partial charge is 0.367 e. The summed E-state index contributed by atoms with van der Waals surface area (Å²) in [4.78, 5) is 124. The molecule has 0 saturated carbocycles. The van der Waals surface area contributed by atoms with Crippen LogP contribution in [0.5, 0.6) is 11.5 Å². The van der Waals surface area contributed by atoms with Crippen LogP contribution in [-0.2, 0) is 75.8 Å². The molecule has 0 fully saturated rings. The van der Waals surface area contributed by atoms with Crippen molar-refractivity contribution in [3.63, 3.8) is 0 Å². The Labute approximate surface area is 595 Å². The zero-order chi connectivity index (χ0) is 69.1. The lowest BCUT2D eigenvalue weighted by atomic mass is 9.88. The Balaban J connectivity index is 0.842. The number of hydrogen-bond donors (Lipinski definition) is 0. The van der Waals surface area contributed by atoms with Gasteiger partial charge in [0.25, 0.3) is 0 Å². The van der Waals surface area contributed by atoms with E-state index in [1.165, 1.54) is 12.2 Å². The van der Waals surface area contributed by atoms with Crippen molar-refractivity contribution in [3.05, 3.63) is 307 Å². The van der Waals surface area contributed by atoms with Crippen molar-refractivity contribution >= 4 is 157 Å². The molecule has 2 aliphatic heterocycles. The third kappa shape index (κ3) is 10.1. The van der Waals surface area contributed by atoms with E-state index in [4.69, 9.17) is 28.4 Å². The lowest BCUT2D eigenvalue weighted by Crippen LogP contribution is -2.52. The van der Waals surface area contributed by atoms with E-state index >= 15 is 19.2 Å². The SMILES string of the molecule is O=C1C(=Cc2cc3c(s2)-c2sc4c5c(sc4c2C(C(=O)OCc2ccccc2)(C(=O)OCc2ccccc2)O3)-c2sc(C=C3C(=O)c4cc6cc7ccccc7cc6cc4C3=O)cc2OC5(C(=O)OCc2ccccc2)C(=O)OCc2ccccc2)C(=O)c2cc3cc4ccccc4cc3cc21. The molecule has 4 aliphatic rings. The van der Waals surface area contributed by atoms with Crippen LogP contribution in [0, 0.1) is 0 Å². The van der Waals surface area contributed by atoms with Gasteiger partial charge < -0.3 is 28.4 Å². The number of ether oxygens (including phenoxy) is 6. The monoisotopic (exact) mass is 1410 g/mol. The van der Waals surface area contributed by atoms with E-state index in [1.54, 1.807) is 158 Å². The van der Waals surface area contributed by atoms with Crippen molar-refractivity contribution in [1.29, 1.82) is 0 Å². The zero-order valence-electron chi connectivity index (χ0n) is 53.3. The van der Waals surface area contributed by atoms with Gasteiger partial charge in [0.2, 0.25) is 0 Å². The van der Waals surface area contributed by atoms with E-state index in [0.29, 0.717) is 41.8 Å². The molecule has 0 unspecified atom stereocenters. The third-order valence-corrected chi connectivity index (χ3v) is 23.8. The van der Waals surface area contributed by atoms with E-state index in [2.05, 4.69) is 0 Å². The van der Waals surface area contributed by atoms with Gasteiger partial charge in [0.1, 0.15) is 37.9 Å². The molecule has 18 rings (SSSR count). The summed E-state index contributed by atoms with van der Waals surface area (Å²) in [6.07, 6.45) is 2.95. The predicted octanol–water partition coefficient (Wildman–Crippen LogP) is 18.1. The van der Waals surface area contributed by atoms with Crippen LogP contribution in [0.1, 0.15) is 84.6 Å². The number of allylic oxidation sites excluding steroid dienone is 2. The van der Waals surface area contributed by atoms with Gasteiger partial charge in [0, 0.05) is 32.0 Å². The highest BCUT2D eigenvalue weighted by molar-refractivity contribution is 7.34. The molecule has 0 amide bonds. The van der Waals surface area contributed by atoms with Gasteiger partial charge in [-0.25, -0.2) is 19.2 Å². The molecule has 0 N–H and O–H groups in total. The fourth-order valence-electron chi connectivity index (χ4n) is 13.8. The van der Waals surface area contributed by atoms with E-state index < -0.39 is 58.2 Å². The number of benzene rings is 10. The maximum atomic E-state index is 16.0. The van der Waals surface area contributed by atoms with Gasteiger partial charge in [0.15, 0.2) is 23.1 Å². The molecule has 0 radical (unpaired) electrons. The van der Waals surface area contributed by atoms with Crippen molar-refractivity contribution < 1.29 is 66.8 Å². The second-order valence-electron chi connectivity index (χ2n) is 25.1. The highest BCUT2D eigenvalue weighted by atomic mass is 32.1. The van der Waals surface area contributed by atoms with E-state index in [9.17, 15) is 19.2 Å². The van der Waals surface area contributed by atoms with Crippen molar-refractivity contribution in [1.82, 2.24) is 0 Å². The molecule has 0 saturated heterocycles. The number of rotatable bonds is 14. The summed E-state index contributed by atoms with van der Waals surface area (Å²) in [7, 11) is 0. The number of esters is 4. The van der Waals surface area contributed by atoms with Gasteiger partial charge in [-0.1, -0.05) is 170 Å². The Morgan fingerprint density at radius 1 is 0.314 bits per heavy atom. The number of thiophene rings is 4. The lowest BCUT2D eigenvalue weighted by molar-refractivity contribution is -0.184. The van der Waals surface area contributed by atoms with Gasteiger partial charge in [0.05, 0.1) is 51.2 Å². The Morgan fingerprint density at radius 2 is 0.578 bits per heavy atom. The van der Waals surface area contributed by atoms with Gasteiger partial charge in [-0.15, -0.1) is 45.3 Å². The van der Waals surface area contributed by atoms with Gasteiger partial charge >= 0.3 is 35.1 Å². The summed E-state index contributed by atoms with van der Waals surface area (Å²) in [5, 5.41) is 6.98. The molecule has 6 heterocycles. The average Bonchev–Trinajstić information content (AvgIpc) is 1.50. The van der Waals surface area contributed by atoms with Crippen LogP contribution in [0.3, 0.4) is 0 Å². The lowest BCUT2D eigenvalue weighted by Gasteiger charge is -2.33. The molecule has 14 aromatic rings. The molecular formula is C84H48O14S4. The first-order valence-corrected chi connectivity index (χ1v) is 35.7. The van der Waals surface area contributed by atoms with Crippen molar-refractivity contribution in [2.45, 2.75) is 37.6 Å². The molecule has 0 spiro atoms. The topological polar surface area (TPSA) is 192 Å². The second-order valence-corrected chi connectivity index (χ2v) is 29.3. The normalized spacial score (nSPS) is 14.4. The van der Waals surface area contributed by atoms with Crippen LogP contribution < -0.4 is 9.47 Å². The van der Waals surface area contributed by atoms with Crippen LogP contribution >= 0.6 is 45.3 Å². The average molecular weight is 1410 g/mol. The molecule has 18 heteroatoms. The Morgan fingerprint density at radius 3 is 0.853 bits per heavy atom. The summed E-state index contributed by atoms with van der Waals surface area (Å²) in [6, 6.07) is 69.0. The molecule has 4 aromatic heterocycles. The maximum absolute atomic E-state index is 16.0. The summed E-state index contributed by atoms with van der Waals surface area (Å²) < 4.78 is 39.5. The molecule has 0 atom stereocenters. The number of Topliss-reactive ketones (excluding diaryl/α,β-unsaturated/α-hetero) is 4. The Hall–Kier alpha value is -12.1. The molecule has 2 aliphatic carbocycles. The number of fused-ring (bicyclic) bond motifs is 15. The first-order chi connectivity index (χ1) is 49.8. The molecule has 102 heavy (non-hydrogen) atoms. The standard InChI is InChI=1S/C84H48O14S4/c85-69-59-33-53-29-49-25-13-14-26-50(49)30-54(53)34-60(59)70(86)63(69)37-57-39-65-73(99-57)75-67(83(97-65,79(89)93-41-45-17-5-1-6-18-45)80(90)94-42-46-19-7-2-8-20-46)77-78(101-75)68-76(102-77)74-66(98-84(68,81(91)95-43-47-21-9-3-10-22-47)82(92)96-44-48-23-11-4-12-24-48)40-58(100-74)38-64-71(87)61-35-55-31-51-27-15-16-28-52(51)32-56(55)36-62(61)72(64)88/h1-40H,41-44H2. The highest BCUT2D eigenvalue weighted by Gasteiger charge is 2.64. The van der Waals surface area contributed by atoms with Crippen molar-refractivity contribution in [3.8, 4) is 31.0 Å². The van der Waals surface area contributed by atoms with Crippen molar-refractivity contribution in [2.24, 2.45) is 0 Å². The van der Waals surface area contributed by atoms with Crippen molar-refractivity contribution in [2.75, 3.05) is 0 Å². The summed E-state index contributed by atoms with van der Waals surface area (Å²) >= 11 is 4.27. The van der Waals surface area contributed by atoms with E-state index in [-0.39, 0.29) is 102 Å². The Kier molecular flexibility index (Phi) is 14.9. The maximum Gasteiger partial charge on any atom is 0.367 e. The minimum atomic E-state index is -2.84. The summed E-state index contributed by atoms with van der Waals surface area (Å²) in [6.45, 7) is -1.33. The fourth-order valence-corrected chi connectivity index (χ4v) is 19.2. The number of ketones is 4. The first-order valence-electron chi connectivity index (χ1n) is 32.4. The molecule has 492 valence electrons. The van der Waals surface area contributed by atoms with Gasteiger partial charge in [-0.05, 0) is 138 Å².